The molecular weight excluding hydrogens is 304 g/mol. The summed E-state index contributed by atoms with van der Waals surface area (Å²) in [4.78, 5) is 27.2. The first-order chi connectivity index (χ1) is 10.7. The minimum atomic E-state index is -0.413. The Morgan fingerprint density at radius 2 is 2.14 bits per heavy atom. The number of H-pyrrole nitrogens is 1. The van der Waals surface area contributed by atoms with Crippen LogP contribution in [-0.2, 0) is 4.79 Å². The van der Waals surface area contributed by atoms with Gasteiger partial charge in [0, 0.05) is 41.2 Å². The van der Waals surface area contributed by atoms with Gasteiger partial charge in [-0.2, -0.15) is 5.10 Å². The zero-order valence-corrected chi connectivity index (χ0v) is 11.8. The number of rotatable bonds is 2. The lowest BCUT2D eigenvalue weighted by Gasteiger charge is -1.96. The summed E-state index contributed by atoms with van der Waals surface area (Å²) in [5.74, 6) is 0.0729. The molecule has 2 N–H and O–H groups in total. The molecule has 0 aliphatic carbocycles. The van der Waals surface area contributed by atoms with E-state index in [2.05, 4.69) is 20.5 Å². The summed E-state index contributed by atoms with van der Waals surface area (Å²) in [5, 5.41) is 9.29. The highest BCUT2D eigenvalue weighted by Crippen LogP contribution is 2.32. The van der Waals surface area contributed by atoms with Gasteiger partial charge >= 0.3 is 0 Å². The molecule has 3 aromatic heterocycles. The molecule has 3 aromatic rings. The van der Waals surface area contributed by atoms with Crippen molar-refractivity contribution in [2.24, 2.45) is 0 Å². The number of amides is 2. The number of aromatic nitrogens is 3. The number of imide groups is 1. The van der Waals surface area contributed by atoms with Crippen LogP contribution in [0.1, 0.15) is 5.76 Å². The summed E-state index contributed by atoms with van der Waals surface area (Å²) < 4.78 is 5.81. The van der Waals surface area contributed by atoms with E-state index in [0.717, 1.165) is 28.3 Å². The van der Waals surface area contributed by atoms with Crippen molar-refractivity contribution in [2.75, 3.05) is 0 Å². The number of nitrogens with one attached hydrogen (secondary N) is 2. The molecule has 4 rings (SSSR count). The first-order valence-corrected chi connectivity index (χ1v) is 7.14. The number of carbonyl (C=O) groups excluding carboxylic acids is 2. The number of aromatic amines is 1. The zero-order chi connectivity index (χ0) is 15.1. The normalized spacial score (nSPS) is 16.6. The number of furan rings is 1. The number of hydrogen-bond donors (Lipinski definition) is 2. The van der Waals surface area contributed by atoms with E-state index in [1.54, 1.807) is 36.9 Å². The van der Waals surface area contributed by atoms with Gasteiger partial charge in [-0.1, -0.05) is 0 Å². The van der Waals surface area contributed by atoms with Gasteiger partial charge in [0.15, 0.2) is 0 Å². The molecular formula is C14H8N4O3S. The summed E-state index contributed by atoms with van der Waals surface area (Å²) in [5.41, 5.74) is 2.31. The number of thioether (sulfide) groups is 1. The third-order valence-electron chi connectivity index (χ3n) is 3.17. The summed E-state index contributed by atoms with van der Waals surface area (Å²) in [7, 11) is 0. The van der Waals surface area contributed by atoms with Crippen LogP contribution >= 0.6 is 11.8 Å². The highest BCUT2D eigenvalue weighted by atomic mass is 32.2. The van der Waals surface area contributed by atoms with E-state index in [0.29, 0.717) is 16.2 Å². The quantitative estimate of drug-likeness (QED) is 0.705. The maximum atomic E-state index is 11.6. The molecule has 0 aromatic carbocycles. The van der Waals surface area contributed by atoms with Crippen LogP contribution in [0.15, 0.2) is 40.2 Å². The van der Waals surface area contributed by atoms with Gasteiger partial charge in [0.1, 0.15) is 11.3 Å². The summed E-state index contributed by atoms with van der Waals surface area (Å²) in [6.07, 6.45) is 8.34. The van der Waals surface area contributed by atoms with Crippen LogP contribution in [0.3, 0.4) is 0 Å². The Labute approximate surface area is 127 Å². The van der Waals surface area contributed by atoms with E-state index >= 15 is 0 Å². The fraction of sp³-hybridized carbons (Fsp3) is 0. The zero-order valence-electron chi connectivity index (χ0n) is 11.0. The maximum absolute atomic E-state index is 11.6. The molecule has 1 aliphatic heterocycles. The molecule has 1 saturated heterocycles. The predicted octanol–water partition coefficient (Wildman–Crippen LogP) is 2.54. The lowest BCUT2D eigenvalue weighted by Crippen LogP contribution is -2.17. The highest BCUT2D eigenvalue weighted by Gasteiger charge is 2.25. The SMILES string of the molecule is O=C1NC(=O)/C(=C/c2cc3cncc(-c4cn[nH]c4)c3o2)S1. The van der Waals surface area contributed by atoms with E-state index in [9.17, 15) is 9.59 Å². The Bertz CT molecular complexity index is 927. The van der Waals surface area contributed by atoms with Crippen molar-refractivity contribution in [2.45, 2.75) is 0 Å². The molecule has 2 amide bonds. The van der Waals surface area contributed by atoms with Crippen molar-refractivity contribution in [1.29, 1.82) is 0 Å². The van der Waals surface area contributed by atoms with Crippen LogP contribution in [0.4, 0.5) is 4.79 Å². The molecule has 0 spiro atoms. The van der Waals surface area contributed by atoms with E-state index in [1.165, 1.54) is 0 Å². The smallest absolute Gasteiger partial charge is 0.290 e. The predicted molar refractivity (Wildman–Crippen MR) is 80.7 cm³/mol. The second-order valence-corrected chi connectivity index (χ2v) is 5.61. The molecule has 1 aliphatic rings. The molecule has 108 valence electrons. The van der Waals surface area contributed by atoms with Gasteiger partial charge in [-0.05, 0) is 17.8 Å². The first kappa shape index (κ1) is 12.8. The molecule has 8 heteroatoms. The van der Waals surface area contributed by atoms with E-state index in [-0.39, 0.29) is 5.24 Å². The minimum absolute atomic E-state index is 0.307. The fourth-order valence-electron chi connectivity index (χ4n) is 2.21. The molecule has 0 radical (unpaired) electrons. The minimum Gasteiger partial charge on any atom is -0.456 e. The third-order valence-corrected chi connectivity index (χ3v) is 3.98. The van der Waals surface area contributed by atoms with Crippen molar-refractivity contribution >= 4 is 40.0 Å². The number of hydrogen-bond acceptors (Lipinski definition) is 6. The van der Waals surface area contributed by atoms with Gasteiger partial charge in [-0.3, -0.25) is 25.0 Å². The Morgan fingerprint density at radius 3 is 2.86 bits per heavy atom. The van der Waals surface area contributed by atoms with Gasteiger partial charge in [-0.15, -0.1) is 0 Å². The van der Waals surface area contributed by atoms with Crippen LogP contribution in [0, 0.1) is 0 Å². The molecule has 7 nitrogen and oxygen atoms in total. The topological polar surface area (TPSA) is 101 Å². The van der Waals surface area contributed by atoms with Crippen LogP contribution < -0.4 is 5.32 Å². The fourth-order valence-corrected chi connectivity index (χ4v) is 2.87. The monoisotopic (exact) mass is 312 g/mol. The van der Waals surface area contributed by atoms with Gasteiger partial charge in [0.05, 0.1) is 11.1 Å². The summed E-state index contributed by atoms with van der Waals surface area (Å²) >= 11 is 0.851. The number of fused-ring (bicyclic) bond motifs is 1. The average Bonchev–Trinajstić information content (AvgIpc) is 3.19. The van der Waals surface area contributed by atoms with Gasteiger partial charge in [-0.25, -0.2) is 0 Å². The number of pyridine rings is 1. The average molecular weight is 312 g/mol. The van der Waals surface area contributed by atoms with Crippen molar-refractivity contribution in [1.82, 2.24) is 20.5 Å². The van der Waals surface area contributed by atoms with Gasteiger partial charge in [0.25, 0.3) is 11.1 Å². The van der Waals surface area contributed by atoms with Crippen LogP contribution in [0.25, 0.3) is 28.2 Å². The van der Waals surface area contributed by atoms with Crippen molar-refractivity contribution in [3.8, 4) is 11.1 Å². The van der Waals surface area contributed by atoms with E-state index < -0.39 is 5.91 Å². The molecule has 0 saturated carbocycles. The van der Waals surface area contributed by atoms with Crippen LogP contribution in [0.5, 0.6) is 0 Å². The first-order valence-electron chi connectivity index (χ1n) is 6.32. The third kappa shape index (κ3) is 2.09. The Balaban J connectivity index is 1.82. The molecule has 0 bridgehead atoms. The van der Waals surface area contributed by atoms with E-state index in [4.69, 9.17) is 4.42 Å². The summed E-state index contributed by atoms with van der Waals surface area (Å²) in [6, 6.07) is 1.77. The lowest BCUT2D eigenvalue weighted by molar-refractivity contribution is -0.115. The van der Waals surface area contributed by atoms with E-state index in [1.807, 2.05) is 0 Å². The summed E-state index contributed by atoms with van der Waals surface area (Å²) in [6.45, 7) is 0. The molecule has 4 heterocycles. The molecule has 0 unspecified atom stereocenters. The Hall–Kier alpha value is -2.87. The van der Waals surface area contributed by atoms with Gasteiger partial charge in [0.2, 0.25) is 0 Å². The largest absolute Gasteiger partial charge is 0.456 e. The molecule has 0 atom stereocenters. The lowest BCUT2D eigenvalue weighted by atomic mass is 10.1. The second kappa shape index (κ2) is 4.85. The highest BCUT2D eigenvalue weighted by molar-refractivity contribution is 8.18. The van der Waals surface area contributed by atoms with Crippen molar-refractivity contribution in [3.63, 3.8) is 0 Å². The second-order valence-electron chi connectivity index (χ2n) is 4.59. The van der Waals surface area contributed by atoms with Crippen molar-refractivity contribution < 1.29 is 14.0 Å². The maximum Gasteiger partial charge on any atom is 0.290 e. The molecule has 22 heavy (non-hydrogen) atoms. The van der Waals surface area contributed by atoms with Gasteiger partial charge < -0.3 is 4.42 Å². The Morgan fingerprint density at radius 1 is 1.23 bits per heavy atom. The van der Waals surface area contributed by atoms with Crippen LogP contribution in [0.2, 0.25) is 0 Å². The van der Waals surface area contributed by atoms with Crippen molar-refractivity contribution in [3.05, 3.63) is 41.5 Å². The standard InChI is InChI=1S/C14H8N4O3S/c19-13-11(22-14(20)18-13)2-9-1-7-3-15-6-10(12(7)21-9)8-4-16-17-5-8/h1-6H,(H,16,17)(H,18,19,20)/b11-2-. The number of nitrogens with zero attached hydrogens (tertiary/aromatic N) is 2. The number of carbonyl (C=O) groups is 2. The van der Waals surface area contributed by atoms with Crippen LogP contribution in [-0.4, -0.2) is 26.3 Å². The molecule has 1 fully saturated rings. The Kier molecular flexibility index (Phi) is 2.83.